The van der Waals surface area contributed by atoms with Gasteiger partial charge in [0.25, 0.3) is 0 Å². The standard InChI is InChI=1S/C17H17NO3/c1-3-21-17(19)14-7-9-15(10-8-14)18-12-13-5-4-6-16(11-13)20-2/h4-12H,3H2,1-2H3. The number of hydrogen-bond donors (Lipinski definition) is 0. The van der Waals surface area contributed by atoms with E-state index in [0.29, 0.717) is 12.2 Å². The van der Waals surface area contributed by atoms with Gasteiger partial charge in [-0.05, 0) is 48.9 Å². The van der Waals surface area contributed by atoms with Gasteiger partial charge in [0.1, 0.15) is 5.75 Å². The molecule has 0 radical (unpaired) electrons. The summed E-state index contributed by atoms with van der Waals surface area (Å²) in [6.07, 6.45) is 1.75. The Morgan fingerprint density at radius 2 is 1.95 bits per heavy atom. The van der Waals surface area contributed by atoms with Crippen LogP contribution in [-0.2, 0) is 4.74 Å². The van der Waals surface area contributed by atoms with Crippen molar-refractivity contribution >= 4 is 17.9 Å². The van der Waals surface area contributed by atoms with E-state index in [1.165, 1.54) is 0 Å². The molecule has 108 valence electrons. The lowest BCUT2D eigenvalue weighted by molar-refractivity contribution is 0.0526. The normalized spacial score (nSPS) is 10.6. The second kappa shape index (κ2) is 7.24. The molecule has 0 heterocycles. The number of carbonyl (C=O) groups excluding carboxylic acids is 1. The number of nitrogens with zero attached hydrogens (tertiary/aromatic N) is 1. The lowest BCUT2D eigenvalue weighted by atomic mass is 10.2. The van der Waals surface area contributed by atoms with Gasteiger partial charge in [-0.3, -0.25) is 4.99 Å². The van der Waals surface area contributed by atoms with E-state index < -0.39 is 0 Å². The SMILES string of the molecule is CCOC(=O)c1ccc(N=Cc2cccc(OC)c2)cc1. The monoisotopic (exact) mass is 283 g/mol. The maximum absolute atomic E-state index is 11.5. The minimum Gasteiger partial charge on any atom is -0.497 e. The van der Waals surface area contributed by atoms with Crippen LogP contribution in [-0.4, -0.2) is 25.9 Å². The van der Waals surface area contributed by atoms with Crippen molar-refractivity contribution in [3.05, 3.63) is 59.7 Å². The predicted octanol–water partition coefficient (Wildman–Crippen LogP) is 3.62. The van der Waals surface area contributed by atoms with E-state index >= 15 is 0 Å². The summed E-state index contributed by atoms with van der Waals surface area (Å²) in [5.74, 6) is 0.470. The number of esters is 1. The highest BCUT2D eigenvalue weighted by molar-refractivity contribution is 5.90. The van der Waals surface area contributed by atoms with Crippen LogP contribution in [0.4, 0.5) is 5.69 Å². The van der Waals surface area contributed by atoms with Crippen molar-refractivity contribution in [3.8, 4) is 5.75 Å². The number of benzene rings is 2. The van der Waals surface area contributed by atoms with Gasteiger partial charge in [0.2, 0.25) is 0 Å². The van der Waals surface area contributed by atoms with E-state index in [0.717, 1.165) is 17.0 Å². The average Bonchev–Trinajstić information content (AvgIpc) is 2.54. The molecule has 0 unspecified atom stereocenters. The molecule has 0 aliphatic carbocycles. The average molecular weight is 283 g/mol. The fourth-order valence-corrected chi connectivity index (χ4v) is 1.77. The summed E-state index contributed by atoms with van der Waals surface area (Å²) in [4.78, 5) is 15.9. The van der Waals surface area contributed by atoms with E-state index in [2.05, 4.69) is 4.99 Å². The smallest absolute Gasteiger partial charge is 0.338 e. The summed E-state index contributed by atoms with van der Waals surface area (Å²) in [6.45, 7) is 2.15. The molecule has 0 spiro atoms. The van der Waals surface area contributed by atoms with Gasteiger partial charge in [-0.1, -0.05) is 12.1 Å². The highest BCUT2D eigenvalue weighted by Crippen LogP contribution is 2.15. The summed E-state index contributed by atoms with van der Waals surface area (Å²) in [5, 5.41) is 0. The van der Waals surface area contributed by atoms with Crippen LogP contribution in [0.2, 0.25) is 0 Å². The molecule has 2 rings (SSSR count). The Balaban J connectivity index is 2.09. The van der Waals surface area contributed by atoms with Crippen molar-refractivity contribution in [1.82, 2.24) is 0 Å². The molecular formula is C17H17NO3. The highest BCUT2D eigenvalue weighted by atomic mass is 16.5. The molecule has 21 heavy (non-hydrogen) atoms. The molecule has 0 aromatic heterocycles. The van der Waals surface area contributed by atoms with Gasteiger partial charge in [-0.2, -0.15) is 0 Å². The molecule has 0 saturated carbocycles. The molecule has 0 fully saturated rings. The molecule has 4 heteroatoms. The van der Waals surface area contributed by atoms with Crippen molar-refractivity contribution in [2.75, 3.05) is 13.7 Å². The van der Waals surface area contributed by atoms with Crippen LogP contribution in [0.25, 0.3) is 0 Å². The van der Waals surface area contributed by atoms with Crippen molar-refractivity contribution in [2.24, 2.45) is 4.99 Å². The summed E-state index contributed by atoms with van der Waals surface area (Å²) < 4.78 is 10.1. The van der Waals surface area contributed by atoms with Crippen LogP contribution in [0.5, 0.6) is 5.75 Å². The van der Waals surface area contributed by atoms with Crippen LogP contribution in [0.1, 0.15) is 22.8 Å². The van der Waals surface area contributed by atoms with Crippen LogP contribution in [0.15, 0.2) is 53.5 Å². The Kier molecular flexibility index (Phi) is 5.10. The lowest BCUT2D eigenvalue weighted by Crippen LogP contribution is -2.03. The Morgan fingerprint density at radius 1 is 1.19 bits per heavy atom. The molecule has 0 atom stereocenters. The highest BCUT2D eigenvalue weighted by Gasteiger charge is 2.04. The van der Waals surface area contributed by atoms with Gasteiger partial charge in [0.05, 0.1) is 25.0 Å². The Morgan fingerprint density at radius 3 is 2.62 bits per heavy atom. The molecule has 0 amide bonds. The molecule has 0 saturated heterocycles. The quantitative estimate of drug-likeness (QED) is 0.622. The number of methoxy groups -OCH3 is 1. The molecular weight excluding hydrogens is 266 g/mol. The fourth-order valence-electron chi connectivity index (χ4n) is 1.77. The number of aliphatic imine (C=N–C) groups is 1. The first-order valence-corrected chi connectivity index (χ1v) is 6.68. The number of carbonyl (C=O) groups is 1. The number of rotatable bonds is 5. The number of hydrogen-bond acceptors (Lipinski definition) is 4. The molecule has 0 aliphatic rings. The molecule has 0 N–H and O–H groups in total. The van der Waals surface area contributed by atoms with Crippen LogP contribution < -0.4 is 4.74 Å². The largest absolute Gasteiger partial charge is 0.497 e. The fraction of sp³-hybridized carbons (Fsp3) is 0.176. The van der Waals surface area contributed by atoms with Gasteiger partial charge in [0.15, 0.2) is 0 Å². The maximum Gasteiger partial charge on any atom is 0.338 e. The summed E-state index contributed by atoms with van der Waals surface area (Å²) in [6, 6.07) is 14.6. The van der Waals surface area contributed by atoms with Crippen LogP contribution in [0.3, 0.4) is 0 Å². The van der Waals surface area contributed by atoms with Crippen molar-refractivity contribution in [2.45, 2.75) is 6.92 Å². The van der Waals surface area contributed by atoms with Crippen molar-refractivity contribution < 1.29 is 14.3 Å². The predicted molar refractivity (Wildman–Crippen MR) is 82.6 cm³/mol. The van der Waals surface area contributed by atoms with Crippen molar-refractivity contribution in [1.29, 1.82) is 0 Å². The molecule has 2 aromatic carbocycles. The molecule has 0 bridgehead atoms. The van der Waals surface area contributed by atoms with Crippen LogP contribution >= 0.6 is 0 Å². The number of ether oxygens (including phenoxy) is 2. The second-order valence-corrected chi connectivity index (χ2v) is 4.30. The van der Waals surface area contributed by atoms with E-state index in [9.17, 15) is 4.79 Å². The minimum absolute atomic E-state index is 0.319. The van der Waals surface area contributed by atoms with E-state index in [4.69, 9.17) is 9.47 Å². The van der Waals surface area contributed by atoms with Gasteiger partial charge in [-0.15, -0.1) is 0 Å². The maximum atomic E-state index is 11.5. The summed E-state index contributed by atoms with van der Waals surface area (Å²) in [5.41, 5.74) is 2.24. The first-order valence-electron chi connectivity index (χ1n) is 6.68. The Labute approximate surface area is 124 Å². The molecule has 2 aromatic rings. The third kappa shape index (κ3) is 4.18. The van der Waals surface area contributed by atoms with E-state index in [1.54, 1.807) is 44.5 Å². The minimum atomic E-state index is -0.319. The molecule has 4 nitrogen and oxygen atoms in total. The van der Waals surface area contributed by atoms with Crippen LogP contribution in [0, 0.1) is 0 Å². The Bertz CT molecular complexity index is 633. The lowest BCUT2D eigenvalue weighted by Gasteiger charge is -2.02. The van der Waals surface area contributed by atoms with Gasteiger partial charge >= 0.3 is 5.97 Å². The zero-order chi connectivity index (χ0) is 15.1. The van der Waals surface area contributed by atoms with Gasteiger partial charge < -0.3 is 9.47 Å². The molecule has 0 aliphatic heterocycles. The zero-order valence-corrected chi connectivity index (χ0v) is 12.1. The summed E-state index contributed by atoms with van der Waals surface area (Å²) in [7, 11) is 1.63. The van der Waals surface area contributed by atoms with Crippen molar-refractivity contribution in [3.63, 3.8) is 0 Å². The van der Waals surface area contributed by atoms with E-state index in [-0.39, 0.29) is 5.97 Å². The topological polar surface area (TPSA) is 47.9 Å². The van der Waals surface area contributed by atoms with E-state index in [1.807, 2.05) is 24.3 Å². The Hall–Kier alpha value is -2.62. The zero-order valence-electron chi connectivity index (χ0n) is 12.1. The van der Waals surface area contributed by atoms with Gasteiger partial charge in [-0.25, -0.2) is 4.79 Å². The van der Waals surface area contributed by atoms with Gasteiger partial charge in [0, 0.05) is 6.21 Å². The first kappa shape index (κ1) is 14.8. The summed E-state index contributed by atoms with van der Waals surface area (Å²) >= 11 is 0. The third-order valence-corrected chi connectivity index (χ3v) is 2.83. The first-order chi connectivity index (χ1) is 10.2. The second-order valence-electron chi connectivity index (χ2n) is 4.30. The third-order valence-electron chi connectivity index (χ3n) is 2.83.